The van der Waals surface area contributed by atoms with Crippen LogP contribution < -0.4 is 10.6 Å². The summed E-state index contributed by atoms with van der Waals surface area (Å²) in [5, 5.41) is 14.2. The Balaban J connectivity index is 2.16. The number of rotatable bonds is 4. The molecule has 2 rings (SSSR count). The van der Waals surface area contributed by atoms with E-state index in [-0.39, 0.29) is 11.6 Å². The lowest BCUT2D eigenvalue weighted by atomic mass is 10.2. The molecule has 0 unspecified atom stereocenters. The zero-order chi connectivity index (χ0) is 15.4. The number of benzene rings is 1. The molecule has 2 aromatic rings. The van der Waals surface area contributed by atoms with E-state index in [4.69, 9.17) is 11.6 Å². The summed E-state index contributed by atoms with van der Waals surface area (Å²) in [5.41, 5.74) is 1.75. The molecule has 0 aliphatic rings. The number of hydrogen-bond acceptors (Lipinski definition) is 4. The van der Waals surface area contributed by atoms with Gasteiger partial charge in [-0.3, -0.25) is 4.79 Å². The van der Waals surface area contributed by atoms with Crippen LogP contribution in [0.15, 0.2) is 28.7 Å². The highest BCUT2D eigenvalue weighted by atomic mass is 79.9. The Morgan fingerprint density at radius 3 is 2.71 bits per heavy atom. The molecule has 0 bridgehead atoms. The fourth-order valence-electron chi connectivity index (χ4n) is 1.66. The molecule has 110 valence electrons. The van der Waals surface area contributed by atoms with Gasteiger partial charge in [0.1, 0.15) is 5.82 Å². The molecule has 2 N–H and O–H groups in total. The SMILES string of the molecule is CCNc1ccc(C(=O)Nc2cc(Cl)c(C)cc2Br)nn1. The molecular weight excluding hydrogens is 356 g/mol. The molecule has 0 atom stereocenters. The molecule has 7 heteroatoms. The normalized spacial score (nSPS) is 10.3. The monoisotopic (exact) mass is 368 g/mol. The Morgan fingerprint density at radius 1 is 1.33 bits per heavy atom. The first kappa shape index (κ1) is 15.7. The van der Waals surface area contributed by atoms with Gasteiger partial charge < -0.3 is 10.6 Å². The van der Waals surface area contributed by atoms with E-state index in [2.05, 4.69) is 36.8 Å². The minimum absolute atomic E-state index is 0.236. The van der Waals surface area contributed by atoms with E-state index < -0.39 is 0 Å². The first-order chi connectivity index (χ1) is 10.0. The molecule has 0 fully saturated rings. The molecule has 0 radical (unpaired) electrons. The van der Waals surface area contributed by atoms with Crippen molar-refractivity contribution in [3.8, 4) is 0 Å². The van der Waals surface area contributed by atoms with E-state index in [0.717, 1.165) is 16.6 Å². The first-order valence-corrected chi connectivity index (χ1v) is 7.53. The second-order valence-corrected chi connectivity index (χ2v) is 5.63. The Bertz CT molecular complexity index is 661. The minimum Gasteiger partial charge on any atom is -0.369 e. The maximum atomic E-state index is 12.1. The summed E-state index contributed by atoms with van der Waals surface area (Å²) in [6, 6.07) is 6.86. The number of carbonyl (C=O) groups is 1. The van der Waals surface area contributed by atoms with Gasteiger partial charge in [0.05, 0.1) is 5.69 Å². The van der Waals surface area contributed by atoms with Crippen molar-refractivity contribution in [3.63, 3.8) is 0 Å². The topological polar surface area (TPSA) is 66.9 Å². The maximum absolute atomic E-state index is 12.1. The highest BCUT2D eigenvalue weighted by Crippen LogP contribution is 2.29. The van der Waals surface area contributed by atoms with Crippen LogP contribution in [0.3, 0.4) is 0 Å². The van der Waals surface area contributed by atoms with Crippen LogP contribution in [-0.4, -0.2) is 22.6 Å². The van der Waals surface area contributed by atoms with Gasteiger partial charge in [0.25, 0.3) is 5.91 Å². The Kier molecular flexibility index (Phi) is 5.14. The average molecular weight is 370 g/mol. The number of amides is 1. The summed E-state index contributed by atoms with van der Waals surface area (Å²) in [5.74, 6) is 0.291. The van der Waals surface area contributed by atoms with Gasteiger partial charge >= 0.3 is 0 Å². The zero-order valence-corrected chi connectivity index (χ0v) is 13.9. The van der Waals surface area contributed by atoms with Crippen LogP contribution >= 0.6 is 27.5 Å². The summed E-state index contributed by atoms with van der Waals surface area (Å²) in [4.78, 5) is 12.1. The highest BCUT2D eigenvalue weighted by Gasteiger charge is 2.12. The summed E-state index contributed by atoms with van der Waals surface area (Å²) in [6.07, 6.45) is 0. The third-order valence-corrected chi connectivity index (χ3v) is 3.81. The van der Waals surface area contributed by atoms with Gasteiger partial charge in [-0.25, -0.2) is 0 Å². The zero-order valence-electron chi connectivity index (χ0n) is 11.6. The van der Waals surface area contributed by atoms with Crippen molar-refractivity contribution in [1.82, 2.24) is 10.2 Å². The predicted octanol–water partition coefficient (Wildman–Crippen LogP) is 3.89. The molecule has 1 aromatic carbocycles. The molecule has 0 saturated heterocycles. The Morgan fingerprint density at radius 2 is 2.10 bits per heavy atom. The third-order valence-electron chi connectivity index (χ3n) is 2.75. The van der Waals surface area contributed by atoms with Crippen molar-refractivity contribution in [3.05, 3.63) is 45.0 Å². The second-order valence-electron chi connectivity index (χ2n) is 4.37. The second kappa shape index (κ2) is 6.87. The molecule has 0 saturated carbocycles. The standard InChI is InChI=1S/C14H14BrClN4O/c1-3-17-13-5-4-11(19-20-13)14(21)18-12-7-10(16)8(2)6-9(12)15/h4-7H,3H2,1-2H3,(H,17,20)(H,18,21). The molecule has 0 aliphatic heterocycles. The fraction of sp³-hybridized carbons (Fsp3) is 0.214. The molecule has 0 aliphatic carbocycles. The number of halogens is 2. The third kappa shape index (κ3) is 3.92. The number of anilines is 2. The quantitative estimate of drug-likeness (QED) is 0.858. The van der Waals surface area contributed by atoms with E-state index >= 15 is 0 Å². The van der Waals surface area contributed by atoms with E-state index in [0.29, 0.717) is 16.5 Å². The van der Waals surface area contributed by atoms with Crippen molar-refractivity contribution < 1.29 is 4.79 Å². The van der Waals surface area contributed by atoms with Crippen LogP contribution in [-0.2, 0) is 0 Å². The number of aryl methyl sites for hydroxylation is 1. The van der Waals surface area contributed by atoms with Crippen molar-refractivity contribution in [2.45, 2.75) is 13.8 Å². The van der Waals surface area contributed by atoms with E-state index in [9.17, 15) is 4.79 Å². The van der Waals surface area contributed by atoms with Crippen LogP contribution in [0.1, 0.15) is 23.0 Å². The van der Waals surface area contributed by atoms with Gasteiger partial charge in [-0.2, -0.15) is 0 Å². The lowest BCUT2D eigenvalue weighted by Crippen LogP contribution is -2.15. The Labute approximate surface area is 136 Å². The molecule has 0 spiro atoms. The van der Waals surface area contributed by atoms with Crippen LogP contribution in [0.5, 0.6) is 0 Å². The van der Waals surface area contributed by atoms with Gasteiger partial charge in [-0.15, -0.1) is 10.2 Å². The van der Waals surface area contributed by atoms with E-state index in [1.165, 1.54) is 0 Å². The molecular formula is C14H14BrClN4O. The minimum atomic E-state index is -0.342. The van der Waals surface area contributed by atoms with Gasteiger partial charge in [0, 0.05) is 16.0 Å². The summed E-state index contributed by atoms with van der Waals surface area (Å²) < 4.78 is 0.759. The van der Waals surface area contributed by atoms with Gasteiger partial charge in [0.15, 0.2) is 5.69 Å². The average Bonchev–Trinajstić information content (AvgIpc) is 2.46. The van der Waals surface area contributed by atoms with Crippen LogP contribution in [0.2, 0.25) is 5.02 Å². The molecule has 1 amide bonds. The number of carbonyl (C=O) groups excluding carboxylic acids is 1. The number of nitrogens with one attached hydrogen (secondary N) is 2. The lowest BCUT2D eigenvalue weighted by molar-refractivity contribution is 0.102. The maximum Gasteiger partial charge on any atom is 0.276 e. The van der Waals surface area contributed by atoms with Gasteiger partial charge in [0.2, 0.25) is 0 Å². The Hall–Kier alpha value is -1.66. The van der Waals surface area contributed by atoms with E-state index in [1.54, 1.807) is 18.2 Å². The van der Waals surface area contributed by atoms with Crippen LogP contribution in [0, 0.1) is 6.92 Å². The first-order valence-electron chi connectivity index (χ1n) is 6.36. The number of hydrogen-bond donors (Lipinski definition) is 2. The fourth-order valence-corrected chi connectivity index (χ4v) is 2.38. The van der Waals surface area contributed by atoms with Crippen molar-refractivity contribution in [1.29, 1.82) is 0 Å². The lowest BCUT2D eigenvalue weighted by Gasteiger charge is -2.09. The van der Waals surface area contributed by atoms with Crippen molar-refractivity contribution in [2.24, 2.45) is 0 Å². The van der Waals surface area contributed by atoms with Crippen LogP contribution in [0.25, 0.3) is 0 Å². The van der Waals surface area contributed by atoms with Gasteiger partial charge in [-0.05, 0) is 59.6 Å². The van der Waals surface area contributed by atoms with E-state index in [1.807, 2.05) is 19.9 Å². The molecule has 1 aromatic heterocycles. The highest BCUT2D eigenvalue weighted by molar-refractivity contribution is 9.10. The summed E-state index contributed by atoms with van der Waals surface area (Å²) in [7, 11) is 0. The van der Waals surface area contributed by atoms with Gasteiger partial charge in [-0.1, -0.05) is 11.6 Å². The summed E-state index contributed by atoms with van der Waals surface area (Å²) >= 11 is 9.46. The van der Waals surface area contributed by atoms with Crippen molar-refractivity contribution in [2.75, 3.05) is 17.2 Å². The molecule has 5 nitrogen and oxygen atoms in total. The smallest absolute Gasteiger partial charge is 0.276 e. The summed E-state index contributed by atoms with van der Waals surface area (Å²) in [6.45, 7) is 4.60. The number of nitrogens with zero attached hydrogens (tertiary/aromatic N) is 2. The predicted molar refractivity (Wildman–Crippen MR) is 88.0 cm³/mol. The molecule has 1 heterocycles. The molecule has 21 heavy (non-hydrogen) atoms. The van der Waals surface area contributed by atoms with Crippen LogP contribution in [0.4, 0.5) is 11.5 Å². The largest absolute Gasteiger partial charge is 0.369 e. The van der Waals surface area contributed by atoms with Crippen molar-refractivity contribution >= 4 is 44.9 Å². The number of aromatic nitrogens is 2.